The second-order valence-electron chi connectivity index (χ2n) is 8.10. The maximum Gasteiger partial charge on any atom is 0.227 e. The Hall–Kier alpha value is -3.82. The minimum Gasteiger partial charge on any atom is -0.493 e. The van der Waals surface area contributed by atoms with E-state index in [0.717, 1.165) is 73.4 Å². The van der Waals surface area contributed by atoms with Crippen LogP contribution in [-0.2, 0) is 0 Å². The van der Waals surface area contributed by atoms with Crippen molar-refractivity contribution in [1.82, 2.24) is 35.1 Å². The third-order valence-electron chi connectivity index (χ3n) is 5.63. The van der Waals surface area contributed by atoms with Crippen LogP contribution in [0, 0.1) is 0 Å². The molecular formula is C25H28N8O. The molecule has 174 valence electrons. The molecule has 0 radical (unpaired) electrons. The first-order chi connectivity index (χ1) is 16.8. The lowest BCUT2D eigenvalue weighted by atomic mass is 10.3. The predicted molar refractivity (Wildman–Crippen MR) is 132 cm³/mol. The van der Waals surface area contributed by atoms with Gasteiger partial charge >= 0.3 is 0 Å². The molecule has 1 fully saturated rings. The Kier molecular flexibility index (Phi) is 7.03. The smallest absolute Gasteiger partial charge is 0.227 e. The number of aromatic amines is 1. The number of anilines is 2. The Morgan fingerprint density at radius 3 is 2.82 bits per heavy atom. The lowest BCUT2D eigenvalue weighted by Crippen LogP contribution is -2.43. The molecule has 1 aliphatic heterocycles. The first-order valence-corrected chi connectivity index (χ1v) is 11.6. The fourth-order valence-corrected chi connectivity index (χ4v) is 3.88. The molecular weight excluding hydrogens is 428 g/mol. The van der Waals surface area contributed by atoms with Crippen molar-refractivity contribution in [3.63, 3.8) is 0 Å². The number of hydrogen-bond acceptors (Lipinski definition) is 8. The first kappa shape index (κ1) is 22.0. The lowest BCUT2D eigenvalue weighted by molar-refractivity contribution is 0.214. The Labute approximate surface area is 198 Å². The van der Waals surface area contributed by atoms with Gasteiger partial charge in [-0.25, -0.2) is 15.0 Å². The minimum atomic E-state index is 0.505. The van der Waals surface area contributed by atoms with Crippen LogP contribution in [0.15, 0.2) is 67.3 Å². The van der Waals surface area contributed by atoms with Gasteiger partial charge in [0.05, 0.1) is 24.2 Å². The van der Waals surface area contributed by atoms with E-state index >= 15 is 0 Å². The van der Waals surface area contributed by atoms with E-state index in [1.165, 1.54) is 0 Å². The number of piperazine rings is 1. The number of nitrogens with one attached hydrogen (secondary N) is 3. The molecule has 4 heterocycles. The molecule has 3 aromatic heterocycles. The highest BCUT2D eigenvalue weighted by molar-refractivity contribution is 5.63. The maximum absolute atomic E-state index is 5.97. The van der Waals surface area contributed by atoms with Crippen molar-refractivity contribution in [1.29, 1.82) is 0 Å². The molecule has 0 atom stereocenters. The van der Waals surface area contributed by atoms with Crippen LogP contribution >= 0.6 is 0 Å². The van der Waals surface area contributed by atoms with E-state index in [9.17, 15) is 0 Å². The molecule has 1 aliphatic rings. The summed E-state index contributed by atoms with van der Waals surface area (Å²) < 4.78 is 5.97. The second kappa shape index (κ2) is 10.9. The van der Waals surface area contributed by atoms with Gasteiger partial charge in [-0.3, -0.25) is 4.98 Å². The standard InChI is InChI=1S/C25H28N8O/c1-5-20(16-21(6-1)34-15-3-12-33-13-10-26-11-14-33)30-25-28-9-7-22(32-25)23-18-29-24(31-23)19-4-2-8-27-17-19/h1-2,4-9,16-18,26H,3,10-15H2,(H,29,31)(H,28,30,32). The average Bonchev–Trinajstić information content (AvgIpc) is 3.39. The molecule has 1 aromatic carbocycles. The first-order valence-electron chi connectivity index (χ1n) is 11.6. The van der Waals surface area contributed by atoms with Gasteiger partial charge in [0.2, 0.25) is 5.95 Å². The Morgan fingerprint density at radius 2 is 1.94 bits per heavy atom. The van der Waals surface area contributed by atoms with Crippen molar-refractivity contribution in [2.24, 2.45) is 0 Å². The van der Waals surface area contributed by atoms with Gasteiger partial charge in [-0.2, -0.15) is 0 Å². The van der Waals surface area contributed by atoms with Crippen LogP contribution in [0.4, 0.5) is 11.6 Å². The number of H-pyrrole nitrogens is 1. The number of ether oxygens (including phenoxy) is 1. The normalized spacial score (nSPS) is 14.1. The summed E-state index contributed by atoms with van der Waals surface area (Å²) in [4.78, 5) is 23.4. The van der Waals surface area contributed by atoms with Gasteiger partial charge in [-0.1, -0.05) is 6.07 Å². The van der Waals surface area contributed by atoms with Crippen LogP contribution in [0.1, 0.15) is 6.42 Å². The largest absolute Gasteiger partial charge is 0.493 e. The van der Waals surface area contributed by atoms with Crippen LogP contribution in [0.2, 0.25) is 0 Å². The van der Waals surface area contributed by atoms with Gasteiger partial charge in [0, 0.05) is 68.6 Å². The van der Waals surface area contributed by atoms with Gasteiger partial charge in [0.1, 0.15) is 11.6 Å². The summed E-state index contributed by atoms with van der Waals surface area (Å²) in [6, 6.07) is 13.6. The molecule has 0 spiro atoms. The van der Waals surface area contributed by atoms with Crippen LogP contribution in [0.25, 0.3) is 22.8 Å². The SMILES string of the molecule is c1cc(Nc2nccc(-c3cnc(-c4cccnc4)[nH]3)n2)cc(OCCCN2CCNCC2)c1. The van der Waals surface area contributed by atoms with Crippen LogP contribution < -0.4 is 15.4 Å². The number of nitrogens with zero attached hydrogens (tertiary/aromatic N) is 5. The van der Waals surface area contributed by atoms with E-state index < -0.39 is 0 Å². The summed E-state index contributed by atoms with van der Waals surface area (Å²) >= 11 is 0. The van der Waals surface area contributed by atoms with Crippen molar-refractivity contribution < 1.29 is 4.74 Å². The zero-order valence-electron chi connectivity index (χ0n) is 18.9. The summed E-state index contributed by atoms with van der Waals surface area (Å²) in [5.74, 6) is 2.08. The minimum absolute atomic E-state index is 0.505. The number of rotatable bonds is 9. The summed E-state index contributed by atoms with van der Waals surface area (Å²) in [6.45, 7) is 6.13. The fourth-order valence-electron chi connectivity index (χ4n) is 3.88. The molecule has 0 bridgehead atoms. The second-order valence-corrected chi connectivity index (χ2v) is 8.10. The number of benzene rings is 1. The zero-order valence-corrected chi connectivity index (χ0v) is 18.9. The third kappa shape index (κ3) is 5.75. The van der Waals surface area contributed by atoms with Crippen molar-refractivity contribution in [3.8, 4) is 28.5 Å². The quantitative estimate of drug-likeness (QED) is 0.330. The molecule has 5 rings (SSSR count). The summed E-state index contributed by atoms with van der Waals surface area (Å²) in [7, 11) is 0. The Bertz CT molecular complexity index is 1190. The van der Waals surface area contributed by atoms with E-state index in [2.05, 4.69) is 40.5 Å². The molecule has 3 N–H and O–H groups in total. The number of aromatic nitrogens is 5. The lowest BCUT2D eigenvalue weighted by Gasteiger charge is -2.26. The van der Waals surface area contributed by atoms with Crippen molar-refractivity contribution in [2.75, 3.05) is 44.6 Å². The van der Waals surface area contributed by atoms with Gasteiger partial charge in [0.15, 0.2) is 0 Å². The fraction of sp³-hybridized carbons (Fsp3) is 0.280. The summed E-state index contributed by atoms with van der Waals surface area (Å²) in [5, 5.41) is 6.65. The number of pyridine rings is 1. The molecule has 4 aromatic rings. The highest BCUT2D eigenvalue weighted by Crippen LogP contribution is 2.23. The van der Waals surface area contributed by atoms with Crippen molar-refractivity contribution >= 4 is 11.6 Å². The molecule has 0 aliphatic carbocycles. The monoisotopic (exact) mass is 456 g/mol. The molecule has 34 heavy (non-hydrogen) atoms. The zero-order chi connectivity index (χ0) is 23.0. The number of hydrogen-bond donors (Lipinski definition) is 3. The summed E-state index contributed by atoms with van der Waals surface area (Å²) in [5.41, 5.74) is 3.36. The van der Waals surface area contributed by atoms with Gasteiger partial charge in [-0.15, -0.1) is 0 Å². The highest BCUT2D eigenvalue weighted by Gasteiger charge is 2.10. The highest BCUT2D eigenvalue weighted by atomic mass is 16.5. The van der Waals surface area contributed by atoms with E-state index in [0.29, 0.717) is 12.6 Å². The van der Waals surface area contributed by atoms with E-state index in [1.807, 2.05) is 42.5 Å². The van der Waals surface area contributed by atoms with E-state index in [1.54, 1.807) is 24.8 Å². The molecule has 9 nitrogen and oxygen atoms in total. The van der Waals surface area contributed by atoms with Gasteiger partial charge in [-0.05, 0) is 36.8 Å². The van der Waals surface area contributed by atoms with Gasteiger partial charge in [0.25, 0.3) is 0 Å². The number of imidazole rings is 1. The van der Waals surface area contributed by atoms with Crippen LogP contribution in [0.5, 0.6) is 5.75 Å². The molecule has 0 amide bonds. The van der Waals surface area contributed by atoms with Crippen LogP contribution in [-0.4, -0.2) is 69.2 Å². The Morgan fingerprint density at radius 1 is 1.00 bits per heavy atom. The molecule has 9 heteroatoms. The third-order valence-corrected chi connectivity index (χ3v) is 5.63. The van der Waals surface area contributed by atoms with Crippen molar-refractivity contribution in [2.45, 2.75) is 6.42 Å². The Balaban J connectivity index is 1.19. The summed E-state index contributed by atoms with van der Waals surface area (Å²) in [6.07, 6.45) is 8.02. The van der Waals surface area contributed by atoms with Crippen molar-refractivity contribution in [3.05, 3.63) is 67.3 Å². The van der Waals surface area contributed by atoms with Crippen LogP contribution in [0.3, 0.4) is 0 Å². The molecule has 1 saturated heterocycles. The molecule has 0 saturated carbocycles. The van der Waals surface area contributed by atoms with E-state index in [-0.39, 0.29) is 0 Å². The average molecular weight is 457 g/mol. The van der Waals surface area contributed by atoms with E-state index in [4.69, 9.17) is 4.74 Å². The maximum atomic E-state index is 5.97. The topological polar surface area (TPSA) is 104 Å². The predicted octanol–water partition coefficient (Wildman–Crippen LogP) is 3.35. The molecule has 0 unspecified atom stereocenters. The van der Waals surface area contributed by atoms with Gasteiger partial charge < -0.3 is 25.3 Å².